The number of imide groups is 2. The number of nitrogens with zero attached hydrogens (tertiary/aromatic N) is 2. The van der Waals surface area contributed by atoms with Crippen LogP contribution in [0.5, 0.6) is 0 Å². The molecule has 208 valence electrons. The molecule has 5 fully saturated rings. The van der Waals surface area contributed by atoms with E-state index in [1.807, 2.05) is 18.2 Å². The molecule has 0 radical (unpaired) electrons. The van der Waals surface area contributed by atoms with Crippen molar-refractivity contribution in [1.82, 2.24) is 9.80 Å². The minimum atomic E-state index is -0.429. The molecule has 1 aromatic carbocycles. The minimum absolute atomic E-state index is 0.000563. The zero-order chi connectivity index (χ0) is 27.1. The number of carbonyl (C=O) groups is 4. The highest BCUT2D eigenvalue weighted by Crippen LogP contribution is 2.63. The Kier molecular flexibility index (Phi) is 5.72. The molecule has 2 heterocycles. The van der Waals surface area contributed by atoms with Crippen molar-refractivity contribution in [3.8, 4) is 0 Å². The molecule has 1 aromatic rings. The van der Waals surface area contributed by atoms with Crippen LogP contribution in [0.1, 0.15) is 76.2 Å². The largest absolute Gasteiger partial charge is 0.279 e. The van der Waals surface area contributed by atoms with Gasteiger partial charge in [0.1, 0.15) is 0 Å². The fourth-order valence-corrected chi connectivity index (χ4v) is 9.96. The summed E-state index contributed by atoms with van der Waals surface area (Å²) in [7, 11) is 0. The van der Waals surface area contributed by atoms with E-state index in [0.717, 1.165) is 68.9 Å². The standard InChI is InChI=1S/C34H38N2O4/c37-31-25-18-24(19-10-4-1-5-11-19)26-22-16-17-23(27(26)30(25)34(40)35(31)20-12-6-2-7-13-20)29-28(22)32(38)36(33(29)39)21-14-8-3-9-15-21/h1,4-5,10-11,16-17,20-23,25,27-30H,2-3,6-9,12-15,18H2/t22-,23-,25-,27-,28-,29+,30+/m1/s1. The molecule has 2 bridgehead atoms. The summed E-state index contributed by atoms with van der Waals surface area (Å²) in [6, 6.07) is 10.2. The van der Waals surface area contributed by atoms with Crippen molar-refractivity contribution in [2.75, 3.05) is 0 Å². The van der Waals surface area contributed by atoms with Gasteiger partial charge < -0.3 is 0 Å². The van der Waals surface area contributed by atoms with Crippen LogP contribution in [-0.2, 0) is 19.2 Å². The van der Waals surface area contributed by atoms with Gasteiger partial charge in [0.2, 0.25) is 23.6 Å². The van der Waals surface area contributed by atoms with E-state index in [0.29, 0.717) is 6.42 Å². The first-order valence-corrected chi connectivity index (χ1v) is 15.8. The molecule has 0 spiro atoms. The predicted molar refractivity (Wildman–Crippen MR) is 149 cm³/mol. The van der Waals surface area contributed by atoms with Crippen molar-refractivity contribution >= 4 is 29.2 Å². The molecule has 9 rings (SSSR count). The lowest BCUT2D eigenvalue weighted by atomic mass is 9.49. The van der Waals surface area contributed by atoms with Gasteiger partial charge in [-0.05, 0) is 49.2 Å². The Morgan fingerprint density at radius 3 is 1.80 bits per heavy atom. The average Bonchev–Trinajstić information content (AvgIpc) is 3.43. The molecule has 4 amide bonds. The third-order valence-corrected chi connectivity index (χ3v) is 11.6. The molecule has 0 N–H and O–H groups in total. The third-order valence-electron chi connectivity index (χ3n) is 11.6. The highest BCUT2D eigenvalue weighted by atomic mass is 16.2. The van der Waals surface area contributed by atoms with Crippen LogP contribution in [0, 0.1) is 41.4 Å². The first-order chi connectivity index (χ1) is 19.6. The number of rotatable bonds is 3. The summed E-state index contributed by atoms with van der Waals surface area (Å²) in [6.07, 6.45) is 15.0. The summed E-state index contributed by atoms with van der Waals surface area (Å²) in [5, 5.41) is 0. The Hall–Kier alpha value is -3.02. The zero-order valence-corrected chi connectivity index (χ0v) is 23.0. The van der Waals surface area contributed by atoms with E-state index in [2.05, 4.69) is 24.3 Å². The molecule has 8 aliphatic rings. The lowest BCUT2D eigenvalue weighted by Crippen LogP contribution is -2.51. The Labute approximate surface area is 235 Å². The number of fused-ring (bicyclic) bond motifs is 1. The number of hydrogen-bond donors (Lipinski definition) is 0. The summed E-state index contributed by atoms with van der Waals surface area (Å²) in [5.41, 5.74) is 3.38. The monoisotopic (exact) mass is 538 g/mol. The van der Waals surface area contributed by atoms with Gasteiger partial charge >= 0.3 is 0 Å². The van der Waals surface area contributed by atoms with Gasteiger partial charge in [-0.2, -0.15) is 0 Å². The number of amides is 4. The van der Waals surface area contributed by atoms with Gasteiger partial charge in [-0.1, -0.05) is 86.6 Å². The van der Waals surface area contributed by atoms with Crippen LogP contribution in [0.2, 0.25) is 0 Å². The van der Waals surface area contributed by atoms with Gasteiger partial charge in [0.05, 0.1) is 23.7 Å². The molecular formula is C34H38N2O4. The number of carbonyl (C=O) groups excluding carboxylic acids is 4. The molecule has 0 unspecified atom stereocenters. The maximum atomic E-state index is 14.3. The summed E-state index contributed by atoms with van der Waals surface area (Å²) in [5.74, 6) is -2.26. The Morgan fingerprint density at radius 1 is 0.575 bits per heavy atom. The van der Waals surface area contributed by atoms with Gasteiger partial charge in [-0.25, -0.2) is 0 Å². The maximum Gasteiger partial charge on any atom is 0.234 e. The summed E-state index contributed by atoms with van der Waals surface area (Å²) >= 11 is 0. The van der Waals surface area contributed by atoms with E-state index in [1.54, 1.807) is 9.80 Å². The topological polar surface area (TPSA) is 74.8 Å². The molecule has 7 atom stereocenters. The molecule has 6 heteroatoms. The fraction of sp³-hybridized carbons (Fsp3) is 0.588. The number of likely N-dealkylation sites (tertiary alicyclic amines) is 2. The van der Waals surface area contributed by atoms with Crippen LogP contribution in [0.25, 0.3) is 5.57 Å². The number of hydrogen-bond acceptors (Lipinski definition) is 4. The van der Waals surface area contributed by atoms with Gasteiger partial charge in [-0.15, -0.1) is 0 Å². The lowest BCUT2D eigenvalue weighted by Gasteiger charge is -2.51. The molecule has 0 aromatic heterocycles. The molecule has 2 saturated heterocycles. The number of benzene rings is 1. The molecule has 2 aliphatic heterocycles. The first-order valence-electron chi connectivity index (χ1n) is 15.8. The average molecular weight is 539 g/mol. The van der Waals surface area contributed by atoms with Gasteiger partial charge in [-0.3, -0.25) is 29.0 Å². The smallest absolute Gasteiger partial charge is 0.234 e. The van der Waals surface area contributed by atoms with E-state index in [4.69, 9.17) is 0 Å². The van der Waals surface area contributed by atoms with Crippen molar-refractivity contribution in [2.24, 2.45) is 41.4 Å². The van der Waals surface area contributed by atoms with Crippen LogP contribution in [0.3, 0.4) is 0 Å². The molecule has 6 aliphatic carbocycles. The van der Waals surface area contributed by atoms with Gasteiger partial charge in [0.15, 0.2) is 0 Å². The van der Waals surface area contributed by atoms with Crippen LogP contribution >= 0.6 is 0 Å². The second kappa shape index (κ2) is 9.25. The number of allylic oxidation sites excluding steroid dienone is 4. The lowest BCUT2D eigenvalue weighted by molar-refractivity contribution is -0.145. The first kappa shape index (κ1) is 24.8. The van der Waals surface area contributed by atoms with Crippen molar-refractivity contribution in [1.29, 1.82) is 0 Å². The van der Waals surface area contributed by atoms with Crippen molar-refractivity contribution in [3.05, 3.63) is 53.6 Å². The second-order valence-electron chi connectivity index (χ2n) is 13.4. The SMILES string of the molecule is O=C1[C@@H]2[C@H]3C(=C(c4ccccc4)C[C@H]2C(=O)N1C1CCCCC1)[C@H]1C=C[C@H]3[C@@H]2C(=O)N(C3CCCCC3)C(=O)[C@@H]21. The second-order valence-corrected chi connectivity index (χ2v) is 13.4. The van der Waals surface area contributed by atoms with Gasteiger partial charge in [0.25, 0.3) is 0 Å². The van der Waals surface area contributed by atoms with E-state index < -0.39 is 11.8 Å². The van der Waals surface area contributed by atoms with Crippen LogP contribution in [-0.4, -0.2) is 45.5 Å². The van der Waals surface area contributed by atoms with E-state index in [-0.39, 0.29) is 65.3 Å². The highest BCUT2D eigenvalue weighted by molar-refractivity contribution is 6.09. The van der Waals surface area contributed by atoms with Crippen LogP contribution in [0.4, 0.5) is 0 Å². The summed E-state index contributed by atoms with van der Waals surface area (Å²) in [6.45, 7) is 0. The van der Waals surface area contributed by atoms with Crippen LogP contribution < -0.4 is 0 Å². The Bertz CT molecular complexity index is 1330. The molecule has 40 heavy (non-hydrogen) atoms. The van der Waals surface area contributed by atoms with Crippen molar-refractivity contribution in [2.45, 2.75) is 82.7 Å². The van der Waals surface area contributed by atoms with Crippen LogP contribution in [0.15, 0.2) is 48.1 Å². The molecular weight excluding hydrogens is 500 g/mol. The summed E-state index contributed by atoms with van der Waals surface area (Å²) < 4.78 is 0. The predicted octanol–water partition coefficient (Wildman–Crippen LogP) is 5.14. The van der Waals surface area contributed by atoms with E-state index >= 15 is 0 Å². The van der Waals surface area contributed by atoms with Gasteiger partial charge in [0, 0.05) is 23.9 Å². The van der Waals surface area contributed by atoms with E-state index in [9.17, 15) is 19.2 Å². The minimum Gasteiger partial charge on any atom is -0.279 e. The Morgan fingerprint density at radius 2 is 1.15 bits per heavy atom. The third kappa shape index (κ3) is 3.34. The highest BCUT2D eigenvalue weighted by Gasteiger charge is 2.67. The normalized spacial score (nSPS) is 37.9. The summed E-state index contributed by atoms with van der Waals surface area (Å²) in [4.78, 5) is 59.8. The fourth-order valence-electron chi connectivity index (χ4n) is 9.96. The molecule has 3 saturated carbocycles. The molecule has 6 nitrogen and oxygen atoms in total. The zero-order valence-electron chi connectivity index (χ0n) is 23.0. The van der Waals surface area contributed by atoms with E-state index in [1.165, 1.54) is 12.0 Å². The quantitative estimate of drug-likeness (QED) is 0.394. The van der Waals surface area contributed by atoms with Crippen molar-refractivity contribution in [3.63, 3.8) is 0 Å². The van der Waals surface area contributed by atoms with Crippen molar-refractivity contribution < 1.29 is 19.2 Å². The Balaban J connectivity index is 1.24. The maximum absolute atomic E-state index is 14.3.